The summed E-state index contributed by atoms with van der Waals surface area (Å²) in [7, 11) is 3.17. The molecule has 0 saturated carbocycles. The number of allylic oxidation sites excluding steroid dienone is 4. The number of hydrogen-bond donors (Lipinski definition) is 0. The Labute approximate surface area is 179 Å². The van der Waals surface area contributed by atoms with Gasteiger partial charge in [-0.05, 0) is 0 Å². The van der Waals surface area contributed by atoms with Crippen LogP contribution in [0.2, 0.25) is 10.5 Å². The molecule has 29 heavy (non-hydrogen) atoms. The van der Waals surface area contributed by atoms with Gasteiger partial charge in [0.25, 0.3) is 0 Å². The van der Waals surface area contributed by atoms with Gasteiger partial charge in [-0.15, -0.1) is 0 Å². The molecule has 0 N–H and O–H groups in total. The van der Waals surface area contributed by atoms with Gasteiger partial charge in [0.05, 0.1) is 0 Å². The summed E-state index contributed by atoms with van der Waals surface area (Å²) in [6.07, 6.45) is 6.15. The minimum absolute atomic E-state index is 0.00160. The van der Waals surface area contributed by atoms with Gasteiger partial charge in [0.1, 0.15) is 0 Å². The average molecular weight is 461 g/mol. The molecule has 1 aromatic rings. The van der Waals surface area contributed by atoms with Gasteiger partial charge in [-0.1, -0.05) is 13.8 Å². The van der Waals surface area contributed by atoms with Crippen LogP contribution in [0.1, 0.15) is 51.4 Å². The van der Waals surface area contributed by atoms with Crippen LogP contribution in [0.4, 0.5) is 0 Å². The molecule has 5 heteroatoms. The maximum Gasteiger partial charge on any atom is -0.0683 e. The van der Waals surface area contributed by atoms with Gasteiger partial charge in [-0.25, -0.2) is 0 Å². The smallest absolute Gasteiger partial charge is 0.0683 e. The molecule has 0 aliphatic heterocycles. The molecule has 0 bridgehead atoms. The van der Waals surface area contributed by atoms with Crippen molar-refractivity contribution in [3.63, 3.8) is 0 Å². The molecule has 1 rings (SSSR count). The Morgan fingerprint density at radius 3 is 1.97 bits per heavy atom. The first-order valence-electron chi connectivity index (χ1n) is 10.2. The third-order valence-corrected chi connectivity index (χ3v) is 14.8. The molecular formula is C24H36GeO4. The number of ether oxygens (including phenoxy) is 2. The Morgan fingerprint density at radius 2 is 1.55 bits per heavy atom. The number of hydrogen-bond acceptors (Lipinski definition) is 4. The molecule has 160 valence electrons. The van der Waals surface area contributed by atoms with E-state index in [1.165, 1.54) is 0 Å². The summed E-state index contributed by atoms with van der Waals surface area (Å²) in [6.45, 7) is 13.8. The van der Waals surface area contributed by atoms with Crippen LogP contribution in [0.3, 0.4) is 0 Å². The van der Waals surface area contributed by atoms with E-state index in [4.69, 9.17) is 9.47 Å². The summed E-state index contributed by atoms with van der Waals surface area (Å²) in [5.74, 6) is 1.37. The standard InChI is InChI=1S/C22H30GeO4.C2H6/c1-7-10-19(26-5)14-11-17(4)21(24)23(8-2,9-3)22(25)18-12-15-20(27-6)16-13-18;1-2/h10-16H,4,7-9H2,1-3,5-6H3;1-2H3/b14-11-,19-10+;. The quantitative estimate of drug-likeness (QED) is 0.173. The van der Waals surface area contributed by atoms with E-state index in [0.717, 1.165) is 6.42 Å². The predicted octanol–water partition coefficient (Wildman–Crippen LogP) is 6.09. The molecule has 1 aromatic carbocycles. The molecule has 0 atom stereocenters. The van der Waals surface area contributed by atoms with Gasteiger partial charge in [-0.2, -0.15) is 0 Å². The molecule has 0 aliphatic carbocycles. The Bertz CT molecular complexity index is 726. The van der Waals surface area contributed by atoms with Crippen LogP contribution >= 0.6 is 0 Å². The van der Waals surface area contributed by atoms with Crippen LogP contribution in [0.25, 0.3) is 0 Å². The van der Waals surface area contributed by atoms with E-state index >= 15 is 0 Å². The number of carbonyl (C=O) groups is 2. The Balaban J connectivity index is 0.00000379. The van der Waals surface area contributed by atoms with Gasteiger partial charge in [0, 0.05) is 0 Å². The molecule has 0 amide bonds. The Kier molecular flexibility index (Phi) is 13.0. The number of rotatable bonds is 11. The van der Waals surface area contributed by atoms with Crippen molar-refractivity contribution in [3.8, 4) is 5.75 Å². The first kappa shape index (κ1) is 26.9. The summed E-state index contributed by atoms with van der Waals surface area (Å²) < 4.78 is 10.3. The third kappa shape index (κ3) is 7.03. The summed E-state index contributed by atoms with van der Waals surface area (Å²) in [5, 5.41) is 1.18. The van der Waals surface area contributed by atoms with Crippen LogP contribution in [-0.4, -0.2) is 36.7 Å². The van der Waals surface area contributed by atoms with Crippen molar-refractivity contribution in [3.05, 3.63) is 66.0 Å². The van der Waals surface area contributed by atoms with Gasteiger partial charge in [-0.3, -0.25) is 0 Å². The van der Waals surface area contributed by atoms with E-state index in [9.17, 15) is 9.59 Å². The molecular weight excluding hydrogens is 425 g/mol. The van der Waals surface area contributed by atoms with Crippen molar-refractivity contribution in [1.29, 1.82) is 0 Å². The van der Waals surface area contributed by atoms with Gasteiger partial charge >= 0.3 is 165 Å². The first-order chi connectivity index (χ1) is 13.9. The molecule has 0 aromatic heterocycles. The summed E-state index contributed by atoms with van der Waals surface area (Å²) in [5.41, 5.74) is 0.952. The zero-order valence-electron chi connectivity index (χ0n) is 19.0. The first-order valence-corrected chi connectivity index (χ1v) is 15.3. The fraction of sp³-hybridized carbons (Fsp3) is 0.417. The van der Waals surface area contributed by atoms with Gasteiger partial charge in [0.2, 0.25) is 0 Å². The SMILES string of the molecule is C=C(/C=C\C(=C/CC)OC)[C](=O)[Ge]([CH2]C)([CH2]C)[C](=O)c1ccc(OC)cc1.CC. The van der Waals surface area contributed by atoms with Crippen LogP contribution in [0.15, 0.2) is 60.4 Å². The second-order valence-electron chi connectivity index (χ2n) is 6.25. The normalized spacial score (nSPS) is 11.5. The molecule has 4 nitrogen and oxygen atoms in total. The Morgan fingerprint density at radius 1 is 1.00 bits per heavy atom. The van der Waals surface area contributed by atoms with Crippen molar-refractivity contribution in [2.75, 3.05) is 14.2 Å². The van der Waals surface area contributed by atoms with Gasteiger partial charge in [0.15, 0.2) is 0 Å². The number of benzene rings is 1. The summed E-state index contributed by atoms with van der Waals surface area (Å²) in [4.78, 5) is 26.5. The molecule has 0 radical (unpaired) electrons. The predicted molar refractivity (Wildman–Crippen MR) is 124 cm³/mol. The van der Waals surface area contributed by atoms with Crippen LogP contribution in [-0.2, 0) is 9.53 Å². The zero-order chi connectivity index (χ0) is 22.4. The molecule has 0 aliphatic rings. The minimum atomic E-state index is -3.54. The minimum Gasteiger partial charge on any atom is -0.0683 e. The van der Waals surface area contributed by atoms with Gasteiger partial charge < -0.3 is 0 Å². The second kappa shape index (κ2) is 14.0. The van der Waals surface area contributed by atoms with E-state index in [-0.39, 0.29) is 9.23 Å². The van der Waals surface area contributed by atoms with E-state index in [1.807, 2.05) is 40.7 Å². The van der Waals surface area contributed by atoms with Crippen LogP contribution in [0, 0.1) is 0 Å². The molecule has 0 heterocycles. The maximum absolute atomic E-state index is 13.3. The Hall–Kier alpha value is -2.08. The second-order valence-corrected chi connectivity index (χ2v) is 15.7. The van der Waals surface area contributed by atoms with E-state index < -0.39 is 13.3 Å². The number of methoxy groups -OCH3 is 2. The number of carbonyl (C=O) groups excluding carboxylic acids is 2. The van der Waals surface area contributed by atoms with Crippen molar-refractivity contribution in [1.82, 2.24) is 0 Å². The molecule has 0 saturated heterocycles. The van der Waals surface area contributed by atoms with Crippen molar-refractivity contribution < 1.29 is 19.1 Å². The molecule has 0 fully saturated rings. The maximum atomic E-state index is 13.3. The van der Waals surface area contributed by atoms with Crippen molar-refractivity contribution >= 4 is 22.5 Å². The van der Waals surface area contributed by atoms with Crippen LogP contribution in [0.5, 0.6) is 5.75 Å². The molecule has 0 unspecified atom stereocenters. The van der Waals surface area contributed by atoms with E-state index in [0.29, 0.717) is 33.2 Å². The fourth-order valence-corrected chi connectivity index (χ4v) is 10.2. The topological polar surface area (TPSA) is 52.6 Å². The van der Waals surface area contributed by atoms with E-state index in [1.54, 1.807) is 50.6 Å². The zero-order valence-corrected chi connectivity index (χ0v) is 21.1. The fourth-order valence-electron chi connectivity index (χ4n) is 3.00. The van der Waals surface area contributed by atoms with Crippen molar-refractivity contribution in [2.45, 2.75) is 51.5 Å². The third-order valence-electron chi connectivity index (χ3n) is 4.81. The molecule has 0 spiro atoms. The summed E-state index contributed by atoms with van der Waals surface area (Å²) >= 11 is -3.54. The van der Waals surface area contributed by atoms with E-state index in [2.05, 4.69) is 6.58 Å². The van der Waals surface area contributed by atoms with Crippen LogP contribution < -0.4 is 4.74 Å². The summed E-state index contributed by atoms with van der Waals surface area (Å²) in [6, 6.07) is 6.99. The monoisotopic (exact) mass is 462 g/mol. The van der Waals surface area contributed by atoms with Crippen molar-refractivity contribution in [2.24, 2.45) is 0 Å². The average Bonchev–Trinajstić information content (AvgIpc) is 2.78. The largest absolute Gasteiger partial charge is 0.0683 e.